The van der Waals surface area contributed by atoms with Crippen LogP contribution in [0.1, 0.15) is 0 Å². The molecule has 0 fully saturated rings. The summed E-state index contributed by atoms with van der Waals surface area (Å²) in [6, 6.07) is 0. The van der Waals surface area contributed by atoms with Crippen LogP contribution in [0.2, 0.25) is 0 Å². The largest absolute Gasteiger partial charge is 0.302 e. The van der Waals surface area contributed by atoms with Crippen LogP contribution in [0.3, 0.4) is 0 Å². The smallest absolute Gasteiger partial charge is 0.169 e. The first kappa shape index (κ1) is 8.31. The fourth-order valence-electron chi connectivity index (χ4n) is 1.01. The number of hydrogen-bond donors (Lipinski definition) is 0. The highest BCUT2D eigenvalue weighted by Gasteiger charge is 2.03. The molecular formula is C7H6IN3S. The van der Waals surface area contributed by atoms with E-state index in [2.05, 4.69) is 32.6 Å². The van der Waals surface area contributed by atoms with Crippen molar-refractivity contribution in [1.82, 2.24) is 14.4 Å². The molecule has 0 amide bonds. The molecule has 0 N–H and O–H groups in total. The molecule has 0 bridgehead atoms. The maximum Gasteiger partial charge on any atom is 0.169 e. The molecule has 0 aliphatic carbocycles. The average Bonchev–Trinajstić information content (AvgIpc) is 2.50. The summed E-state index contributed by atoms with van der Waals surface area (Å²) < 4.78 is 2.98. The van der Waals surface area contributed by atoms with Crippen LogP contribution in [-0.4, -0.2) is 20.6 Å². The monoisotopic (exact) mass is 291 g/mol. The highest BCUT2D eigenvalue weighted by atomic mass is 127. The molecule has 12 heavy (non-hydrogen) atoms. The van der Waals surface area contributed by atoms with Gasteiger partial charge in [-0.1, -0.05) is 0 Å². The average molecular weight is 291 g/mol. The molecule has 2 rings (SSSR count). The maximum atomic E-state index is 4.36. The summed E-state index contributed by atoms with van der Waals surface area (Å²) >= 11 is 3.82. The molecule has 3 nitrogen and oxygen atoms in total. The number of rotatable bonds is 1. The lowest BCUT2D eigenvalue weighted by Gasteiger charge is -1.99. The summed E-state index contributed by atoms with van der Waals surface area (Å²) in [6.07, 6.45) is 7.68. The third kappa shape index (κ3) is 1.31. The van der Waals surface area contributed by atoms with Crippen LogP contribution in [0.4, 0.5) is 0 Å². The number of imidazole rings is 1. The fourth-order valence-corrected chi connectivity index (χ4v) is 2.25. The Hall–Kier alpha value is -0.300. The third-order valence-electron chi connectivity index (χ3n) is 1.51. The molecule has 0 atom stereocenters. The summed E-state index contributed by atoms with van der Waals surface area (Å²) in [5.41, 5.74) is 0.933. The van der Waals surface area contributed by atoms with Crippen LogP contribution in [0.5, 0.6) is 0 Å². The quantitative estimate of drug-likeness (QED) is 0.595. The van der Waals surface area contributed by atoms with Crippen LogP contribution in [0.15, 0.2) is 23.6 Å². The third-order valence-corrected chi connectivity index (χ3v) is 2.69. The van der Waals surface area contributed by atoms with E-state index in [1.165, 1.54) is 0 Å². The predicted octanol–water partition coefficient (Wildman–Crippen LogP) is 2.06. The first-order valence-corrected chi connectivity index (χ1v) is 5.65. The van der Waals surface area contributed by atoms with Crippen LogP contribution in [0.25, 0.3) is 5.65 Å². The highest BCUT2D eigenvalue weighted by molar-refractivity contribution is 14.1. The van der Waals surface area contributed by atoms with Gasteiger partial charge < -0.3 is 4.40 Å². The summed E-state index contributed by atoms with van der Waals surface area (Å²) in [5, 5.41) is 0.979. The van der Waals surface area contributed by atoms with Crippen molar-refractivity contribution in [3.05, 3.63) is 22.3 Å². The Labute approximate surface area is 87.7 Å². The van der Waals surface area contributed by atoms with Crippen molar-refractivity contribution in [3.63, 3.8) is 0 Å². The Morgan fingerprint density at radius 3 is 3.17 bits per heavy atom. The van der Waals surface area contributed by atoms with Crippen LogP contribution >= 0.6 is 34.4 Å². The van der Waals surface area contributed by atoms with E-state index in [0.717, 1.165) is 14.4 Å². The van der Waals surface area contributed by atoms with Gasteiger partial charge >= 0.3 is 0 Å². The molecule has 0 spiro atoms. The number of thioether (sulfide) groups is 1. The van der Waals surface area contributed by atoms with Gasteiger partial charge in [0.05, 0.1) is 0 Å². The Morgan fingerprint density at radius 2 is 2.42 bits per heavy atom. The van der Waals surface area contributed by atoms with Crippen molar-refractivity contribution in [2.45, 2.75) is 5.03 Å². The lowest BCUT2D eigenvalue weighted by Crippen LogP contribution is -1.92. The normalized spacial score (nSPS) is 10.8. The van der Waals surface area contributed by atoms with E-state index in [9.17, 15) is 0 Å². The lowest BCUT2D eigenvalue weighted by molar-refractivity contribution is 1.01. The van der Waals surface area contributed by atoms with Gasteiger partial charge in [0, 0.05) is 18.6 Å². The van der Waals surface area contributed by atoms with Gasteiger partial charge in [-0.25, -0.2) is 9.97 Å². The van der Waals surface area contributed by atoms with Gasteiger partial charge in [-0.3, -0.25) is 0 Å². The van der Waals surface area contributed by atoms with E-state index in [-0.39, 0.29) is 0 Å². The van der Waals surface area contributed by atoms with Crippen molar-refractivity contribution in [3.8, 4) is 0 Å². The molecule has 0 saturated heterocycles. The van der Waals surface area contributed by atoms with E-state index in [1.807, 2.05) is 23.1 Å². The minimum absolute atomic E-state index is 0.933. The van der Waals surface area contributed by atoms with Gasteiger partial charge in [0.2, 0.25) is 0 Å². The molecule has 2 aromatic heterocycles. The van der Waals surface area contributed by atoms with Crippen LogP contribution in [0, 0.1) is 3.70 Å². The minimum Gasteiger partial charge on any atom is -0.302 e. The molecule has 0 aliphatic heterocycles. The van der Waals surface area contributed by atoms with Crippen LogP contribution < -0.4 is 0 Å². The van der Waals surface area contributed by atoms with Gasteiger partial charge in [0.25, 0.3) is 0 Å². The maximum absolute atomic E-state index is 4.36. The first-order chi connectivity index (χ1) is 5.81. The van der Waals surface area contributed by atoms with E-state index in [0.29, 0.717) is 0 Å². The molecule has 0 unspecified atom stereocenters. The Bertz CT molecular complexity index is 412. The van der Waals surface area contributed by atoms with Crippen molar-refractivity contribution in [2.24, 2.45) is 0 Å². The van der Waals surface area contributed by atoms with Gasteiger partial charge in [-0.05, 0) is 28.8 Å². The summed E-state index contributed by atoms with van der Waals surface area (Å²) in [4.78, 5) is 8.57. The molecule has 2 heterocycles. The zero-order valence-electron chi connectivity index (χ0n) is 6.36. The van der Waals surface area contributed by atoms with E-state index in [4.69, 9.17) is 0 Å². The second-order valence-corrected chi connectivity index (χ2v) is 4.13. The Balaban J connectivity index is 2.80. The molecule has 2 aromatic rings. The van der Waals surface area contributed by atoms with E-state index < -0.39 is 0 Å². The molecule has 0 aromatic carbocycles. The number of fused-ring (bicyclic) bond motifs is 1. The van der Waals surface area contributed by atoms with Gasteiger partial charge in [-0.15, -0.1) is 11.8 Å². The summed E-state index contributed by atoms with van der Waals surface area (Å²) in [7, 11) is 0. The molecule has 0 radical (unpaired) electrons. The fraction of sp³-hybridized carbons (Fsp3) is 0.143. The standard InChI is InChI=1S/C7H6IN3S/c1-12-7-6-9-2-3-11(6)4-5(8)10-7/h2-4H,1H3. The van der Waals surface area contributed by atoms with Crippen molar-refractivity contribution < 1.29 is 0 Å². The molecular weight excluding hydrogens is 285 g/mol. The van der Waals surface area contributed by atoms with E-state index >= 15 is 0 Å². The Kier molecular flexibility index (Phi) is 2.22. The Morgan fingerprint density at radius 1 is 1.58 bits per heavy atom. The first-order valence-electron chi connectivity index (χ1n) is 3.34. The molecule has 0 aliphatic rings. The molecule has 5 heteroatoms. The van der Waals surface area contributed by atoms with Crippen LogP contribution in [-0.2, 0) is 0 Å². The topological polar surface area (TPSA) is 30.2 Å². The zero-order chi connectivity index (χ0) is 8.55. The van der Waals surface area contributed by atoms with E-state index in [1.54, 1.807) is 18.0 Å². The molecule has 0 saturated carbocycles. The zero-order valence-corrected chi connectivity index (χ0v) is 9.33. The van der Waals surface area contributed by atoms with Crippen molar-refractivity contribution >= 4 is 40.0 Å². The number of aromatic nitrogens is 3. The molecule has 62 valence electrons. The summed E-state index contributed by atoms with van der Waals surface area (Å²) in [5.74, 6) is 0. The highest BCUT2D eigenvalue weighted by Crippen LogP contribution is 2.18. The number of hydrogen-bond acceptors (Lipinski definition) is 3. The van der Waals surface area contributed by atoms with Gasteiger partial charge in [-0.2, -0.15) is 0 Å². The SMILES string of the molecule is CSc1nc(I)cn2ccnc12. The van der Waals surface area contributed by atoms with Crippen molar-refractivity contribution in [2.75, 3.05) is 6.26 Å². The van der Waals surface area contributed by atoms with Gasteiger partial charge in [0.1, 0.15) is 8.73 Å². The number of nitrogens with zero attached hydrogens (tertiary/aromatic N) is 3. The predicted molar refractivity (Wildman–Crippen MR) is 57.5 cm³/mol. The second-order valence-electron chi connectivity index (χ2n) is 2.23. The van der Waals surface area contributed by atoms with Gasteiger partial charge in [0.15, 0.2) is 5.65 Å². The lowest BCUT2D eigenvalue weighted by atomic mass is 10.7. The minimum atomic E-state index is 0.933. The summed E-state index contributed by atoms with van der Waals surface area (Å²) in [6.45, 7) is 0. The second kappa shape index (κ2) is 3.21. The number of halogens is 1. The van der Waals surface area contributed by atoms with Crippen molar-refractivity contribution in [1.29, 1.82) is 0 Å².